The topological polar surface area (TPSA) is 18.5 Å². The van der Waals surface area contributed by atoms with Gasteiger partial charge < -0.3 is 0 Å². The number of hydrogen-bond donors (Lipinski definition) is 0. The van der Waals surface area contributed by atoms with Gasteiger partial charge in [0.15, 0.2) is 0 Å². The average Bonchev–Trinajstić information content (AvgIpc) is 2.99. The Balaban J connectivity index is 1.29. The molecule has 0 bridgehead atoms. The maximum atomic E-state index is 5.82. The molecule has 0 saturated carbocycles. The van der Waals surface area contributed by atoms with Gasteiger partial charge in [-0.05, 0) is 0 Å². The molecule has 38 heavy (non-hydrogen) atoms. The summed E-state index contributed by atoms with van der Waals surface area (Å²) in [5, 5.41) is 4.54. The second-order valence-corrected chi connectivity index (χ2v) is 19.6. The van der Waals surface area contributed by atoms with Crippen LogP contribution in [0.5, 0.6) is 0 Å². The van der Waals surface area contributed by atoms with Gasteiger partial charge in [-0.3, -0.25) is 0 Å². The number of alkyl halides is 1. The molecule has 4 heteroatoms. The Kier molecular flexibility index (Phi) is 12.1. The molecule has 0 saturated heterocycles. The van der Waals surface area contributed by atoms with E-state index in [1.165, 1.54) is 32.3 Å². The molecule has 0 amide bonds. The average molecular weight is 637 g/mol. The summed E-state index contributed by atoms with van der Waals surface area (Å²) in [6.45, 7) is 3.03. The van der Waals surface area contributed by atoms with Crippen LogP contribution < -0.4 is 36.6 Å². The summed E-state index contributed by atoms with van der Waals surface area (Å²) in [7, 11) is 0. The Hall–Kier alpha value is -2.30. The van der Waals surface area contributed by atoms with Crippen molar-refractivity contribution in [2.75, 3.05) is 11.2 Å². The standard InChI is InChI=1S/C34H38IO2P/c1-30(37-29-36-28-31-19-9-4-10-20-31)18-8-2-3-17-27-35-38(32-21-11-5-12-22-32,33-23-13-6-14-24-33)34-25-15-7-16-26-34/h2,4-16,19-26,30H,3,17-18,27-29H2,1H3/b8-2+/t30-/m1/s1. The molecule has 0 radical (unpaired) electrons. The van der Waals surface area contributed by atoms with Crippen molar-refractivity contribution in [1.82, 2.24) is 0 Å². The number of rotatable bonds is 15. The van der Waals surface area contributed by atoms with E-state index >= 15 is 0 Å². The van der Waals surface area contributed by atoms with Gasteiger partial charge in [0.05, 0.1) is 0 Å². The van der Waals surface area contributed by atoms with Crippen LogP contribution >= 0.6 is 4.90 Å². The molecular weight excluding hydrogens is 598 g/mol. The third-order valence-electron chi connectivity index (χ3n) is 6.29. The monoisotopic (exact) mass is 636 g/mol. The number of unbranched alkanes of at least 4 members (excludes halogenated alkanes) is 1. The molecule has 0 fully saturated rings. The van der Waals surface area contributed by atoms with Crippen LogP contribution in [0.4, 0.5) is 0 Å². The zero-order valence-corrected chi connectivity index (χ0v) is 25.2. The first-order valence-electron chi connectivity index (χ1n) is 13.3. The van der Waals surface area contributed by atoms with Crippen LogP contribution in [0.25, 0.3) is 0 Å². The van der Waals surface area contributed by atoms with E-state index in [2.05, 4.69) is 122 Å². The van der Waals surface area contributed by atoms with E-state index in [1.54, 1.807) is 0 Å². The number of allylic oxidation sites excluding steroid dienone is 1. The second-order valence-electron chi connectivity index (χ2n) is 9.18. The third kappa shape index (κ3) is 8.35. The Bertz CT molecular complexity index is 1100. The SMILES string of the molecule is C[C@H](C/C=C/CCC[I-][P+](c1ccccc1)(c1ccccc1)c1ccccc1)OCOCc1ccccc1. The number of halogens is 1. The second kappa shape index (κ2) is 16.0. The van der Waals surface area contributed by atoms with E-state index in [1.807, 2.05) is 18.2 Å². The zero-order chi connectivity index (χ0) is 26.3. The van der Waals surface area contributed by atoms with E-state index in [0.29, 0.717) is 13.4 Å². The molecule has 4 aromatic rings. The summed E-state index contributed by atoms with van der Waals surface area (Å²) in [5.41, 5.74) is 1.17. The van der Waals surface area contributed by atoms with Gasteiger partial charge in [0, 0.05) is 0 Å². The van der Waals surface area contributed by atoms with Crippen molar-refractivity contribution in [3.63, 3.8) is 0 Å². The molecule has 0 aliphatic carbocycles. The van der Waals surface area contributed by atoms with Crippen molar-refractivity contribution >= 4 is 20.8 Å². The first-order chi connectivity index (χ1) is 18.8. The molecule has 2 nitrogen and oxygen atoms in total. The molecule has 0 heterocycles. The Morgan fingerprint density at radius 3 is 1.71 bits per heavy atom. The van der Waals surface area contributed by atoms with Gasteiger partial charge in [0.2, 0.25) is 0 Å². The van der Waals surface area contributed by atoms with Crippen LogP contribution in [0.2, 0.25) is 0 Å². The van der Waals surface area contributed by atoms with E-state index in [4.69, 9.17) is 9.47 Å². The minimum Gasteiger partial charge on any atom is -0.0622 e. The third-order valence-corrected chi connectivity index (χ3v) is 20.1. The molecule has 198 valence electrons. The fraction of sp³-hybridized carbons (Fsp3) is 0.235. The molecule has 4 aromatic carbocycles. The van der Waals surface area contributed by atoms with Crippen LogP contribution in [0.15, 0.2) is 133 Å². The maximum absolute atomic E-state index is 5.82. The molecule has 0 aliphatic heterocycles. The van der Waals surface area contributed by atoms with Gasteiger partial charge in [-0.1, -0.05) is 30.3 Å². The number of ether oxygens (including phenoxy) is 2. The smallest absolute Gasteiger partial charge is 0.0622 e. The molecule has 0 N–H and O–H groups in total. The molecule has 0 aromatic heterocycles. The summed E-state index contributed by atoms with van der Waals surface area (Å²) in [5.74, 6) is 0. The Labute approximate surface area is 239 Å². The van der Waals surface area contributed by atoms with Gasteiger partial charge in [0.25, 0.3) is 0 Å². The summed E-state index contributed by atoms with van der Waals surface area (Å²) >= 11 is -0.0930. The number of benzene rings is 4. The summed E-state index contributed by atoms with van der Waals surface area (Å²) in [6.07, 6.45) is 8.03. The normalized spacial score (nSPS) is 12.7. The number of hydrogen-bond acceptors (Lipinski definition) is 2. The molecule has 0 spiro atoms. The van der Waals surface area contributed by atoms with Crippen molar-refractivity contribution in [3.05, 3.63) is 139 Å². The fourth-order valence-electron chi connectivity index (χ4n) is 4.31. The van der Waals surface area contributed by atoms with Gasteiger partial charge in [-0.25, -0.2) is 0 Å². The first kappa shape index (κ1) is 28.7. The van der Waals surface area contributed by atoms with E-state index < -0.39 is 4.90 Å². The molecule has 0 unspecified atom stereocenters. The molecular formula is C34H38IO2P. The van der Waals surface area contributed by atoms with Crippen LogP contribution in [0.3, 0.4) is 0 Å². The molecule has 4 rings (SSSR count). The van der Waals surface area contributed by atoms with Gasteiger partial charge in [-0.2, -0.15) is 0 Å². The van der Waals surface area contributed by atoms with Crippen molar-refractivity contribution in [3.8, 4) is 0 Å². The van der Waals surface area contributed by atoms with E-state index in [9.17, 15) is 0 Å². The fourth-order valence-corrected chi connectivity index (χ4v) is 17.8. The van der Waals surface area contributed by atoms with Gasteiger partial charge in [0.1, 0.15) is 0 Å². The Morgan fingerprint density at radius 2 is 1.18 bits per heavy atom. The van der Waals surface area contributed by atoms with E-state index in [0.717, 1.165) is 12.8 Å². The van der Waals surface area contributed by atoms with E-state index in [-0.39, 0.29) is 26.8 Å². The van der Waals surface area contributed by atoms with Crippen LogP contribution in [0, 0.1) is 0 Å². The molecule has 0 aliphatic rings. The molecule has 1 atom stereocenters. The minimum absolute atomic E-state index is 0.0930. The minimum atomic E-state index is -1.61. The van der Waals surface area contributed by atoms with Crippen molar-refractivity contribution in [1.29, 1.82) is 0 Å². The summed E-state index contributed by atoms with van der Waals surface area (Å²) < 4.78 is 12.8. The summed E-state index contributed by atoms with van der Waals surface area (Å²) in [6, 6.07) is 44.0. The zero-order valence-electron chi connectivity index (χ0n) is 22.2. The van der Waals surface area contributed by atoms with Crippen LogP contribution in [-0.2, 0) is 16.1 Å². The Morgan fingerprint density at radius 1 is 0.684 bits per heavy atom. The van der Waals surface area contributed by atoms with Crippen molar-refractivity contribution in [2.45, 2.75) is 38.9 Å². The van der Waals surface area contributed by atoms with Gasteiger partial charge in [-0.15, -0.1) is 0 Å². The van der Waals surface area contributed by atoms with Crippen molar-refractivity contribution in [2.24, 2.45) is 0 Å². The van der Waals surface area contributed by atoms with Crippen LogP contribution in [-0.4, -0.2) is 17.3 Å². The predicted molar refractivity (Wildman–Crippen MR) is 160 cm³/mol. The summed E-state index contributed by atoms with van der Waals surface area (Å²) in [4.78, 5) is -1.61. The predicted octanol–water partition coefficient (Wildman–Crippen LogP) is 4.29. The first-order valence-corrected chi connectivity index (χ1v) is 19.4. The van der Waals surface area contributed by atoms with Crippen molar-refractivity contribution < 1.29 is 30.1 Å². The quantitative estimate of drug-likeness (QED) is 0.0485. The van der Waals surface area contributed by atoms with Crippen LogP contribution in [0.1, 0.15) is 31.7 Å². The van der Waals surface area contributed by atoms with Gasteiger partial charge >= 0.3 is 210 Å².